The minimum absolute atomic E-state index is 0.0497. The van der Waals surface area contributed by atoms with E-state index in [0.29, 0.717) is 5.56 Å². The van der Waals surface area contributed by atoms with Crippen molar-refractivity contribution in [1.82, 2.24) is 19.9 Å². The van der Waals surface area contributed by atoms with Gasteiger partial charge in [0, 0.05) is 43.2 Å². The Labute approximate surface area is 167 Å². The van der Waals surface area contributed by atoms with Crippen LogP contribution in [0.4, 0.5) is 5.82 Å². The molecule has 1 amide bonds. The molecule has 0 aromatic carbocycles. The van der Waals surface area contributed by atoms with Crippen LogP contribution in [0.3, 0.4) is 0 Å². The van der Waals surface area contributed by atoms with E-state index < -0.39 is 0 Å². The minimum Gasteiger partial charge on any atom is -0.363 e. The standard InChI is InChI=1S/C22H31N5O/c1-21(2,3)20-24-13-15-16(10-22(4,5)11-17(15)26-20)25-18-9-8-14(12-23-18)19(28)27(6)7/h8-9,12-13,16H,10-11H2,1-7H3,(H,23,25). The van der Waals surface area contributed by atoms with E-state index in [2.05, 4.69) is 49.9 Å². The Kier molecular flexibility index (Phi) is 5.17. The number of nitrogens with one attached hydrogen (secondary N) is 1. The molecule has 0 bridgehead atoms. The molecule has 0 aliphatic heterocycles. The van der Waals surface area contributed by atoms with Crippen molar-refractivity contribution in [1.29, 1.82) is 0 Å². The summed E-state index contributed by atoms with van der Waals surface area (Å²) in [5.74, 6) is 1.59. The number of hydrogen-bond acceptors (Lipinski definition) is 5. The quantitative estimate of drug-likeness (QED) is 0.870. The van der Waals surface area contributed by atoms with Gasteiger partial charge < -0.3 is 10.2 Å². The Balaban J connectivity index is 1.88. The SMILES string of the molecule is CN(C)C(=O)c1ccc(NC2CC(C)(C)Cc3nc(C(C)(C)C)ncc32)nc1. The molecule has 2 aromatic heterocycles. The Hall–Kier alpha value is -2.50. The highest BCUT2D eigenvalue weighted by Gasteiger charge is 2.34. The number of carbonyl (C=O) groups is 1. The minimum atomic E-state index is -0.0735. The highest BCUT2D eigenvalue weighted by Crippen LogP contribution is 2.41. The lowest BCUT2D eigenvalue weighted by molar-refractivity contribution is 0.0827. The summed E-state index contributed by atoms with van der Waals surface area (Å²) in [5, 5.41) is 3.53. The topological polar surface area (TPSA) is 71.0 Å². The van der Waals surface area contributed by atoms with Gasteiger partial charge >= 0.3 is 0 Å². The fourth-order valence-corrected chi connectivity index (χ4v) is 3.58. The first-order valence-corrected chi connectivity index (χ1v) is 9.77. The van der Waals surface area contributed by atoms with Gasteiger partial charge in [-0.05, 0) is 30.4 Å². The van der Waals surface area contributed by atoms with Crippen molar-refractivity contribution in [3.63, 3.8) is 0 Å². The van der Waals surface area contributed by atoms with E-state index >= 15 is 0 Å². The molecule has 1 aliphatic carbocycles. The third-order valence-corrected chi connectivity index (χ3v) is 5.09. The number of amides is 1. The number of aromatic nitrogens is 3. The van der Waals surface area contributed by atoms with E-state index in [4.69, 9.17) is 4.98 Å². The molecule has 1 N–H and O–H groups in total. The first-order chi connectivity index (χ1) is 13.0. The molecule has 28 heavy (non-hydrogen) atoms. The predicted molar refractivity (Wildman–Crippen MR) is 111 cm³/mol. The number of pyridine rings is 1. The number of nitrogens with zero attached hydrogens (tertiary/aromatic N) is 4. The van der Waals surface area contributed by atoms with E-state index in [1.54, 1.807) is 25.2 Å². The molecule has 0 saturated carbocycles. The maximum atomic E-state index is 12.1. The summed E-state index contributed by atoms with van der Waals surface area (Å²) in [6.07, 6.45) is 5.51. The number of fused-ring (bicyclic) bond motifs is 1. The van der Waals surface area contributed by atoms with E-state index in [0.717, 1.165) is 35.7 Å². The largest absolute Gasteiger partial charge is 0.363 e. The summed E-state index contributed by atoms with van der Waals surface area (Å²) in [4.78, 5) is 27.6. The van der Waals surface area contributed by atoms with Crippen molar-refractivity contribution in [2.45, 2.75) is 58.9 Å². The summed E-state index contributed by atoms with van der Waals surface area (Å²) < 4.78 is 0. The lowest BCUT2D eigenvalue weighted by Gasteiger charge is -2.37. The van der Waals surface area contributed by atoms with Crippen LogP contribution < -0.4 is 5.32 Å². The van der Waals surface area contributed by atoms with Gasteiger partial charge in [-0.25, -0.2) is 15.0 Å². The van der Waals surface area contributed by atoms with Crippen LogP contribution in [-0.2, 0) is 11.8 Å². The van der Waals surface area contributed by atoms with Crippen LogP contribution in [0.1, 0.15) is 74.5 Å². The van der Waals surface area contributed by atoms with Gasteiger partial charge in [-0.3, -0.25) is 4.79 Å². The van der Waals surface area contributed by atoms with E-state index in [-0.39, 0.29) is 22.8 Å². The fourth-order valence-electron chi connectivity index (χ4n) is 3.58. The molecular weight excluding hydrogens is 350 g/mol. The molecular formula is C22H31N5O. The highest BCUT2D eigenvalue weighted by molar-refractivity contribution is 5.93. The van der Waals surface area contributed by atoms with Crippen LogP contribution in [0.15, 0.2) is 24.5 Å². The van der Waals surface area contributed by atoms with E-state index in [9.17, 15) is 4.79 Å². The van der Waals surface area contributed by atoms with E-state index in [1.807, 2.05) is 18.3 Å². The van der Waals surface area contributed by atoms with Gasteiger partial charge in [0.1, 0.15) is 11.6 Å². The van der Waals surface area contributed by atoms with Gasteiger partial charge in [0.25, 0.3) is 5.91 Å². The van der Waals surface area contributed by atoms with Crippen molar-refractivity contribution in [3.05, 3.63) is 47.2 Å². The molecule has 1 aliphatic rings. The lowest BCUT2D eigenvalue weighted by atomic mass is 9.74. The predicted octanol–water partition coefficient (Wildman–Crippen LogP) is 4.00. The molecule has 2 aromatic rings. The number of anilines is 1. The van der Waals surface area contributed by atoms with Gasteiger partial charge in [0.2, 0.25) is 0 Å². The third-order valence-electron chi connectivity index (χ3n) is 5.09. The fraction of sp³-hybridized carbons (Fsp3) is 0.545. The zero-order valence-electron chi connectivity index (χ0n) is 18.0. The van der Waals surface area contributed by atoms with Crippen LogP contribution in [-0.4, -0.2) is 39.9 Å². The molecule has 3 rings (SSSR count). The Morgan fingerprint density at radius 3 is 2.46 bits per heavy atom. The number of hydrogen-bond donors (Lipinski definition) is 1. The normalized spacial score (nSPS) is 18.3. The Morgan fingerprint density at radius 2 is 1.89 bits per heavy atom. The van der Waals surface area contributed by atoms with Crippen LogP contribution in [0, 0.1) is 5.41 Å². The highest BCUT2D eigenvalue weighted by atomic mass is 16.2. The first-order valence-electron chi connectivity index (χ1n) is 9.77. The second-order valence-electron chi connectivity index (χ2n) is 9.72. The molecule has 2 heterocycles. The first kappa shape index (κ1) is 20.2. The zero-order chi connectivity index (χ0) is 20.7. The van der Waals surface area contributed by atoms with Crippen LogP contribution in [0.5, 0.6) is 0 Å². The molecule has 0 saturated heterocycles. The van der Waals surface area contributed by atoms with Gasteiger partial charge in [-0.1, -0.05) is 34.6 Å². The molecule has 1 unspecified atom stereocenters. The third kappa shape index (κ3) is 4.32. The Bertz CT molecular complexity index is 865. The molecule has 6 nitrogen and oxygen atoms in total. The molecule has 150 valence electrons. The summed E-state index contributed by atoms with van der Waals surface area (Å²) in [6, 6.07) is 3.77. The van der Waals surface area contributed by atoms with Crippen LogP contribution in [0.2, 0.25) is 0 Å². The maximum absolute atomic E-state index is 12.1. The van der Waals surface area contributed by atoms with E-state index in [1.165, 1.54) is 0 Å². The number of carbonyl (C=O) groups excluding carboxylic acids is 1. The summed E-state index contributed by atoms with van der Waals surface area (Å²) in [7, 11) is 3.47. The maximum Gasteiger partial charge on any atom is 0.254 e. The van der Waals surface area contributed by atoms with Crippen molar-refractivity contribution in [2.75, 3.05) is 19.4 Å². The van der Waals surface area contributed by atoms with Crippen molar-refractivity contribution in [3.8, 4) is 0 Å². The second kappa shape index (κ2) is 7.15. The molecule has 1 atom stereocenters. The molecule has 0 fully saturated rings. The zero-order valence-corrected chi connectivity index (χ0v) is 18.0. The molecule has 0 radical (unpaired) electrons. The Morgan fingerprint density at radius 1 is 1.18 bits per heavy atom. The smallest absolute Gasteiger partial charge is 0.254 e. The van der Waals surface area contributed by atoms with Crippen molar-refractivity contribution >= 4 is 11.7 Å². The molecule has 6 heteroatoms. The van der Waals surface area contributed by atoms with Crippen LogP contribution >= 0.6 is 0 Å². The molecule has 0 spiro atoms. The van der Waals surface area contributed by atoms with Gasteiger partial charge in [0.15, 0.2) is 0 Å². The van der Waals surface area contributed by atoms with Gasteiger partial charge in [0.05, 0.1) is 11.6 Å². The average molecular weight is 382 g/mol. The summed E-state index contributed by atoms with van der Waals surface area (Å²) in [5.41, 5.74) is 2.90. The number of rotatable bonds is 3. The second-order valence-corrected chi connectivity index (χ2v) is 9.72. The van der Waals surface area contributed by atoms with Crippen molar-refractivity contribution in [2.24, 2.45) is 5.41 Å². The monoisotopic (exact) mass is 381 g/mol. The van der Waals surface area contributed by atoms with Gasteiger partial charge in [-0.2, -0.15) is 0 Å². The summed E-state index contributed by atoms with van der Waals surface area (Å²) in [6.45, 7) is 11.0. The summed E-state index contributed by atoms with van der Waals surface area (Å²) >= 11 is 0. The van der Waals surface area contributed by atoms with Gasteiger partial charge in [-0.15, -0.1) is 0 Å². The van der Waals surface area contributed by atoms with Crippen LogP contribution in [0.25, 0.3) is 0 Å². The average Bonchev–Trinajstić information content (AvgIpc) is 2.59. The lowest BCUT2D eigenvalue weighted by Crippen LogP contribution is -2.32. The van der Waals surface area contributed by atoms with Crippen molar-refractivity contribution < 1.29 is 4.79 Å².